The van der Waals surface area contributed by atoms with Crippen LogP contribution >= 0.6 is 0 Å². The lowest BCUT2D eigenvalue weighted by molar-refractivity contribution is -0.124. The van der Waals surface area contributed by atoms with Gasteiger partial charge in [-0.15, -0.1) is 0 Å². The Hall–Kier alpha value is -2.80. The number of nitrogens with zero attached hydrogens (tertiary/aromatic N) is 1. The number of piperidine rings is 1. The lowest BCUT2D eigenvalue weighted by Gasteiger charge is -2.23. The van der Waals surface area contributed by atoms with E-state index in [1.807, 2.05) is 0 Å². The van der Waals surface area contributed by atoms with Gasteiger partial charge in [0.2, 0.25) is 15.9 Å². The summed E-state index contributed by atoms with van der Waals surface area (Å²) in [5.74, 6) is 1.04. The number of amides is 1. The molecule has 1 aliphatic heterocycles. The van der Waals surface area contributed by atoms with Gasteiger partial charge in [-0.2, -0.15) is 5.26 Å². The minimum absolute atomic E-state index is 0.0203. The Morgan fingerprint density at radius 1 is 1.16 bits per heavy atom. The van der Waals surface area contributed by atoms with Gasteiger partial charge in [-0.05, 0) is 65.5 Å². The van der Waals surface area contributed by atoms with Crippen LogP contribution in [0, 0.1) is 34.9 Å². The first-order chi connectivity index (χ1) is 15.2. The molecule has 9 heteroatoms. The van der Waals surface area contributed by atoms with Gasteiger partial charge in [-0.1, -0.05) is 24.3 Å². The van der Waals surface area contributed by atoms with Gasteiger partial charge in [0.05, 0.1) is 17.0 Å². The number of nitrogens with one attached hydrogen (secondary N) is 2. The Morgan fingerprint density at radius 3 is 2.47 bits per heavy atom. The zero-order chi connectivity index (χ0) is 22.6. The molecule has 1 amide bonds. The van der Waals surface area contributed by atoms with E-state index in [4.69, 9.17) is 5.14 Å². The number of hydrogen-bond donors (Lipinski definition) is 3. The maximum absolute atomic E-state index is 14.8. The molecule has 0 unspecified atom stereocenters. The Bertz CT molecular complexity index is 1220. The van der Waals surface area contributed by atoms with E-state index in [1.54, 1.807) is 24.3 Å². The van der Waals surface area contributed by atoms with Crippen molar-refractivity contribution in [3.05, 3.63) is 53.8 Å². The van der Waals surface area contributed by atoms with Crippen molar-refractivity contribution in [1.29, 1.82) is 5.26 Å². The number of benzene rings is 2. The van der Waals surface area contributed by atoms with Crippen LogP contribution in [-0.2, 0) is 21.2 Å². The third-order valence-electron chi connectivity index (χ3n) is 7.05. The van der Waals surface area contributed by atoms with Crippen molar-refractivity contribution in [2.24, 2.45) is 22.9 Å². The number of fused-ring (bicyclic) bond motifs is 5. The van der Waals surface area contributed by atoms with Gasteiger partial charge in [0.15, 0.2) is 0 Å². The summed E-state index contributed by atoms with van der Waals surface area (Å²) in [4.78, 5) is 12.7. The smallest absolute Gasteiger partial charge is 0.238 e. The van der Waals surface area contributed by atoms with E-state index >= 15 is 0 Å². The zero-order valence-electron chi connectivity index (χ0n) is 17.2. The predicted molar refractivity (Wildman–Crippen MR) is 115 cm³/mol. The van der Waals surface area contributed by atoms with Crippen LogP contribution in [0.3, 0.4) is 0 Å². The maximum atomic E-state index is 14.8. The van der Waals surface area contributed by atoms with E-state index in [0.29, 0.717) is 34.6 Å². The first kappa shape index (κ1) is 21.1. The average molecular weight is 455 g/mol. The lowest BCUT2D eigenvalue weighted by atomic mass is 9.96. The van der Waals surface area contributed by atoms with Crippen LogP contribution in [0.15, 0.2) is 47.4 Å². The number of carbonyl (C=O) groups is 1. The van der Waals surface area contributed by atoms with Gasteiger partial charge in [0.1, 0.15) is 11.9 Å². The molecule has 166 valence electrons. The minimum atomic E-state index is -3.80. The Morgan fingerprint density at radius 2 is 1.88 bits per heavy atom. The summed E-state index contributed by atoms with van der Waals surface area (Å²) in [7, 11) is -3.80. The van der Waals surface area contributed by atoms with Crippen molar-refractivity contribution in [2.45, 2.75) is 42.3 Å². The van der Waals surface area contributed by atoms with Crippen molar-refractivity contribution in [3.8, 4) is 17.2 Å². The summed E-state index contributed by atoms with van der Waals surface area (Å²) < 4.78 is 37.5. The van der Waals surface area contributed by atoms with Crippen LogP contribution < -0.4 is 15.8 Å². The van der Waals surface area contributed by atoms with Gasteiger partial charge in [-0.3, -0.25) is 4.79 Å². The Kier molecular flexibility index (Phi) is 5.04. The summed E-state index contributed by atoms with van der Waals surface area (Å²) in [5.41, 5.74) is 1.52. The van der Waals surface area contributed by atoms with E-state index in [1.165, 1.54) is 24.6 Å². The van der Waals surface area contributed by atoms with Gasteiger partial charge < -0.3 is 10.6 Å². The third-order valence-corrected chi connectivity index (χ3v) is 7.98. The molecule has 5 rings (SSSR count). The van der Waals surface area contributed by atoms with Crippen molar-refractivity contribution in [2.75, 3.05) is 0 Å². The van der Waals surface area contributed by atoms with Gasteiger partial charge in [-0.25, -0.2) is 17.9 Å². The van der Waals surface area contributed by atoms with Crippen LogP contribution in [0.5, 0.6) is 0 Å². The number of nitriles is 1. The first-order valence-electron chi connectivity index (χ1n) is 10.6. The molecule has 0 spiro atoms. The summed E-state index contributed by atoms with van der Waals surface area (Å²) in [6, 6.07) is 11.9. The molecule has 3 fully saturated rings. The van der Waals surface area contributed by atoms with Crippen LogP contribution in [0.2, 0.25) is 0 Å². The van der Waals surface area contributed by atoms with Crippen molar-refractivity contribution < 1.29 is 17.6 Å². The first-order valence-corrected chi connectivity index (χ1v) is 12.2. The van der Waals surface area contributed by atoms with Crippen molar-refractivity contribution >= 4 is 15.9 Å². The highest BCUT2D eigenvalue weighted by atomic mass is 32.2. The second kappa shape index (κ2) is 7.66. The fourth-order valence-corrected chi connectivity index (χ4v) is 5.89. The predicted octanol–water partition coefficient (Wildman–Crippen LogP) is 1.69. The highest BCUT2D eigenvalue weighted by Crippen LogP contribution is 2.59. The standard InChI is InChI=1S/C23H23FN4O3S/c24-20-8-13(12-3-5-16(6-4-12)32(26,30)31)1-2-14(20)7-15(11-25)27-23(29)22-19-10-21(28-22)18-9-17(18)19/h1-6,8,15,17-19,21-22,28H,7,9-10H2,(H,27,29)(H2,26,30,31)/t15-,17+,18-,19+,21-,22-/m0/s1. The third kappa shape index (κ3) is 3.79. The molecule has 2 aromatic rings. The number of primary sulfonamides is 1. The summed E-state index contributed by atoms with van der Waals surface area (Å²) in [5, 5.41) is 20.8. The fraction of sp³-hybridized carbons (Fsp3) is 0.391. The second-order valence-electron chi connectivity index (χ2n) is 8.98. The SMILES string of the molecule is N#C[C@H](Cc1ccc(-c2ccc(S(N)(=O)=O)cc2)cc1F)NC(=O)[C@H]1N[C@H]2C[C@@H]1[C@@H]1C[C@@H]12. The second-order valence-corrected chi connectivity index (χ2v) is 10.5. The number of halogens is 1. The van der Waals surface area contributed by atoms with Gasteiger partial charge in [0.25, 0.3) is 0 Å². The molecule has 2 aliphatic carbocycles. The van der Waals surface area contributed by atoms with Crippen molar-refractivity contribution in [1.82, 2.24) is 10.6 Å². The van der Waals surface area contributed by atoms with Gasteiger partial charge >= 0.3 is 0 Å². The normalized spacial score (nSPS) is 28.6. The molecule has 7 nitrogen and oxygen atoms in total. The molecule has 2 aromatic carbocycles. The number of carbonyl (C=O) groups excluding carboxylic acids is 1. The van der Waals surface area contributed by atoms with Gasteiger partial charge in [0, 0.05) is 12.5 Å². The summed E-state index contributed by atoms with van der Waals surface area (Å²) in [6.45, 7) is 0. The summed E-state index contributed by atoms with van der Waals surface area (Å²) in [6.07, 6.45) is 2.28. The van der Waals surface area contributed by atoms with E-state index in [-0.39, 0.29) is 23.3 Å². The van der Waals surface area contributed by atoms with E-state index in [0.717, 1.165) is 12.3 Å². The molecule has 0 radical (unpaired) electrons. The molecular formula is C23H23FN4O3S. The number of rotatable bonds is 6. The molecule has 32 heavy (non-hydrogen) atoms. The monoisotopic (exact) mass is 454 g/mol. The maximum Gasteiger partial charge on any atom is 0.238 e. The van der Waals surface area contributed by atoms with Crippen LogP contribution in [-0.4, -0.2) is 32.5 Å². The minimum Gasteiger partial charge on any atom is -0.339 e. The number of hydrogen-bond acceptors (Lipinski definition) is 5. The van der Waals surface area contributed by atoms with Crippen LogP contribution in [0.1, 0.15) is 18.4 Å². The molecule has 3 aliphatic rings. The fourth-order valence-electron chi connectivity index (χ4n) is 5.37. The topological polar surface area (TPSA) is 125 Å². The highest BCUT2D eigenvalue weighted by Gasteiger charge is 2.62. The number of sulfonamides is 1. The quantitative estimate of drug-likeness (QED) is 0.613. The zero-order valence-corrected chi connectivity index (χ0v) is 18.0. The van der Waals surface area contributed by atoms with E-state index in [9.17, 15) is 22.9 Å². The number of nitrogens with two attached hydrogens (primary N) is 1. The Balaban J connectivity index is 1.25. The molecule has 2 saturated carbocycles. The van der Waals surface area contributed by atoms with Crippen LogP contribution in [0.25, 0.3) is 11.1 Å². The molecule has 2 bridgehead atoms. The largest absolute Gasteiger partial charge is 0.339 e. The molecular weight excluding hydrogens is 431 g/mol. The lowest BCUT2D eigenvalue weighted by Crippen LogP contribution is -2.51. The van der Waals surface area contributed by atoms with Crippen molar-refractivity contribution in [3.63, 3.8) is 0 Å². The molecule has 6 atom stereocenters. The molecule has 1 heterocycles. The molecule has 1 saturated heterocycles. The van der Waals surface area contributed by atoms with E-state index in [2.05, 4.69) is 16.7 Å². The van der Waals surface area contributed by atoms with E-state index < -0.39 is 21.9 Å². The molecule has 0 aromatic heterocycles. The summed E-state index contributed by atoms with van der Waals surface area (Å²) >= 11 is 0. The highest BCUT2D eigenvalue weighted by molar-refractivity contribution is 7.89. The average Bonchev–Trinajstić information content (AvgIpc) is 3.36. The Labute approximate surface area is 185 Å². The van der Waals surface area contributed by atoms with Crippen LogP contribution in [0.4, 0.5) is 4.39 Å². The molecule has 4 N–H and O–H groups in total.